The van der Waals surface area contributed by atoms with Gasteiger partial charge in [-0.2, -0.15) is 13.2 Å². The van der Waals surface area contributed by atoms with Crippen molar-refractivity contribution in [1.29, 1.82) is 0 Å². The third kappa shape index (κ3) is 6.42. The molecule has 0 radical (unpaired) electrons. The number of nitrogens with one attached hydrogen (secondary N) is 1. The fraction of sp³-hybridized carbons (Fsp3) is 0.625. The molecule has 1 N–H and O–H groups in total. The first-order chi connectivity index (χ1) is 9.31. The third-order valence-corrected chi connectivity index (χ3v) is 3.47. The largest absolute Gasteiger partial charge is 0.389 e. The summed E-state index contributed by atoms with van der Waals surface area (Å²) < 4.78 is 36.4. The average molecular weight is 287 g/mol. The first-order valence-corrected chi connectivity index (χ1v) is 7.21. The molecule has 0 saturated carbocycles. The number of benzene rings is 1. The fourth-order valence-corrected chi connectivity index (χ4v) is 2.28. The number of aryl methyl sites for hydroxylation is 1. The Hall–Kier alpha value is -1.03. The molecule has 0 amide bonds. The predicted octanol–water partition coefficient (Wildman–Crippen LogP) is 5.16. The molecule has 2 atom stereocenters. The van der Waals surface area contributed by atoms with Gasteiger partial charge in [0.25, 0.3) is 0 Å². The van der Waals surface area contributed by atoms with E-state index in [4.69, 9.17) is 0 Å². The normalized spacial score (nSPS) is 15.1. The number of rotatable bonds is 7. The van der Waals surface area contributed by atoms with Crippen LogP contribution in [-0.4, -0.2) is 12.2 Å². The maximum atomic E-state index is 12.1. The highest BCUT2D eigenvalue weighted by atomic mass is 19.4. The van der Waals surface area contributed by atoms with Crippen molar-refractivity contribution in [3.63, 3.8) is 0 Å². The van der Waals surface area contributed by atoms with Crippen LogP contribution in [0.1, 0.15) is 56.7 Å². The molecule has 0 heterocycles. The molecule has 0 spiro atoms. The molecule has 2 unspecified atom stereocenters. The minimum absolute atomic E-state index is 0.0867. The standard InChI is InChI=1S/C16H24F3N/c1-4-15(14-9-7-12(2)8-10-14)20-13(3)6-5-11-16(17,18)19/h7-10,13,15,20H,4-6,11H2,1-3H3. The van der Waals surface area contributed by atoms with Crippen molar-refractivity contribution < 1.29 is 13.2 Å². The van der Waals surface area contributed by atoms with Crippen molar-refractivity contribution in [3.05, 3.63) is 35.4 Å². The summed E-state index contributed by atoms with van der Waals surface area (Å²) in [6.45, 7) is 6.07. The SMILES string of the molecule is CCC(NC(C)CCCC(F)(F)F)c1ccc(C)cc1. The van der Waals surface area contributed by atoms with Crippen LogP contribution in [0.5, 0.6) is 0 Å². The molecule has 0 fully saturated rings. The summed E-state index contributed by atoms with van der Waals surface area (Å²) in [5.41, 5.74) is 2.41. The quantitative estimate of drug-likeness (QED) is 0.730. The Balaban J connectivity index is 2.45. The topological polar surface area (TPSA) is 12.0 Å². The summed E-state index contributed by atoms with van der Waals surface area (Å²) in [7, 11) is 0. The number of hydrogen-bond donors (Lipinski definition) is 1. The van der Waals surface area contributed by atoms with Gasteiger partial charge in [-0.1, -0.05) is 36.8 Å². The van der Waals surface area contributed by atoms with E-state index >= 15 is 0 Å². The van der Waals surface area contributed by atoms with Gasteiger partial charge in [0, 0.05) is 18.5 Å². The summed E-state index contributed by atoms with van der Waals surface area (Å²) in [6, 6.07) is 8.58. The van der Waals surface area contributed by atoms with E-state index in [1.807, 2.05) is 13.8 Å². The van der Waals surface area contributed by atoms with Crippen LogP contribution in [0, 0.1) is 6.92 Å². The van der Waals surface area contributed by atoms with Crippen LogP contribution in [-0.2, 0) is 0 Å². The maximum absolute atomic E-state index is 12.1. The first kappa shape index (κ1) is 17.0. The fourth-order valence-electron chi connectivity index (χ4n) is 2.28. The summed E-state index contributed by atoms with van der Waals surface area (Å²) in [5.74, 6) is 0. The molecule has 0 aliphatic carbocycles. The van der Waals surface area contributed by atoms with Gasteiger partial charge in [0.15, 0.2) is 0 Å². The van der Waals surface area contributed by atoms with Crippen LogP contribution in [0.25, 0.3) is 0 Å². The highest BCUT2D eigenvalue weighted by Gasteiger charge is 2.26. The predicted molar refractivity (Wildman–Crippen MR) is 76.7 cm³/mol. The van der Waals surface area contributed by atoms with E-state index in [9.17, 15) is 13.2 Å². The van der Waals surface area contributed by atoms with Gasteiger partial charge in [-0.05, 0) is 38.7 Å². The molecular weight excluding hydrogens is 263 g/mol. The Labute approximate surface area is 119 Å². The third-order valence-electron chi connectivity index (χ3n) is 3.47. The minimum Gasteiger partial charge on any atom is -0.307 e. The first-order valence-electron chi connectivity index (χ1n) is 7.21. The zero-order valence-electron chi connectivity index (χ0n) is 12.4. The molecule has 1 aromatic rings. The Morgan fingerprint density at radius 2 is 1.75 bits per heavy atom. The van der Waals surface area contributed by atoms with Gasteiger partial charge < -0.3 is 5.32 Å². The highest BCUT2D eigenvalue weighted by molar-refractivity contribution is 5.24. The van der Waals surface area contributed by atoms with Crippen LogP contribution < -0.4 is 5.32 Å². The van der Waals surface area contributed by atoms with Gasteiger partial charge in [0.1, 0.15) is 0 Å². The molecule has 4 heteroatoms. The molecule has 1 nitrogen and oxygen atoms in total. The van der Waals surface area contributed by atoms with E-state index in [1.54, 1.807) is 0 Å². The second-order valence-electron chi connectivity index (χ2n) is 5.45. The molecule has 0 aliphatic rings. The monoisotopic (exact) mass is 287 g/mol. The Morgan fingerprint density at radius 1 is 1.15 bits per heavy atom. The summed E-state index contributed by atoms with van der Waals surface area (Å²) >= 11 is 0. The van der Waals surface area contributed by atoms with Crippen molar-refractivity contribution in [3.8, 4) is 0 Å². The van der Waals surface area contributed by atoms with E-state index < -0.39 is 12.6 Å². The van der Waals surface area contributed by atoms with E-state index in [2.05, 4.69) is 36.5 Å². The lowest BCUT2D eigenvalue weighted by atomic mass is 10.0. The Kier molecular flexibility index (Phi) is 6.53. The summed E-state index contributed by atoms with van der Waals surface area (Å²) in [5, 5.41) is 3.42. The highest BCUT2D eigenvalue weighted by Crippen LogP contribution is 2.23. The van der Waals surface area contributed by atoms with Gasteiger partial charge in [-0.3, -0.25) is 0 Å². The Bertz CT molecular complexity index is 384. The summed E-state index contributed by atoms with van der Waals surface area (Å²) in [6.07, 6.45) is -3.09. The van der Waals surface area contributed by atoms with Crippen LogP contribution in [0.4, 0.5) is 13.2 Å². The molecular formula is C16H24F3N. The van der Waals surface area contributed by atoms with Crippen molar-refractivity contribution >= 4 is 0 Å². The van der Waals surface area contributed by atoms with E-state index in [-0.39, 0.29) is 18.5 Å². The molecule has 20 heavy (non-hydrogen) atoms. The number of alkyl halides is 3. The molecule has 114 valence electrons. The maximum Gasteiger partial charge on any atom is 0.389 e. The van der Waals surface area contributed by atoms with Gasteiger partial charge in [-0.15, -0.1) is 0 Å². The van der Waals surface area contributed by atoms with Crippen LogP contribution >= 0.6 is 0 Å². The van der Waals surface area contributed by atoms with Gasteiger partial charge in [0.2, 0.25) is 0 Å². The molecule has 0 aliphatic heterocycles. The lowest BCUT2D eigenvalue weighted by Crippen LogP contribution is -2.30. The number of hydrogen-bond acceptors (Lipinski definition) is 1. The smallest absolute Gasteiger partial charge is 0.307 e. The lowest BCUT2D eigenvalue weighted by Gasteiger charge is -2.23. The average Bonchev–Trinajstić information content (AvgIpc) is 2.35. The second kappa shape index (κ2) is 7.67. The van der Waals surface area contributed by atoms with E-state index in [0.717, 1.165) is 6.42 Å². The molecule has 0 aromatic heterocycles. The molecule has 1 rings (SSSR count). The van der Waals surface area contributed by atoms with Crippen LogP contribution in [0.3, 0.4) is 0 Å². The number of halogens is 3. The van der Waals surface area contributed by atoms with Crippen molar-refractivity contribution in [1.82, 2.24) is 5.32 Å². The van der Waals surface area contributed by atoms with E-state index in [1.165, 1.54) is 11.1 Å². The minimum atomic E-state index is -4.04. The van der Waals surface area contributed by atoms with Gasteiger partial charge >= 0.3 is 6.18 Å². The zero-order valence-corrected chi connectivity index (χ0v) is 12.4. The zero-order chi connectivity index (χ0) is 15.2. The van der Waals surface area contributed by atoms with Crippen molar-refractivity contribution in [2.75, 3.05) is 0 Å². The van der Waals surface area contributed by atoms with Crippen molar-refractivity contribution in [2.45, 2.75) is 64.7 Å². The van der Waals surface area contributed by atoms with Gasteiger partial charge in [-0.25, -0.2) is 0 Å². The molecule has 0 bridgehead atoms. The lowest BCUT2D eigenvalue weighted by molar-refractivity contribution is -0.135. The summed E-state index contributed by atoms with van der Waals surface area (Å²) in [4.78, 5) is 0. The molecule has 0 saturated heterocycles. The molecule has 1 aromatic carbocycles. The van der Waals surface area contributed by atoms with Gasteiger partial charge in [0.05, 0.1) is 0 Å². The van der Waals surface area contributed by atoms with E-state index in [0.29, 0.717) is 6.42 Å². The Morgan fingerprint density at radius 3 is 2.25 bits per heavy atom. The second-order valence-corrected chi connectivity index (χ2v) is 5.45. The van der Waals surface area contributed by atoms with Crippen LogP contribution in [0.2, 0.25) is 0 Å². The van der Waals surface area contributed by atoms with Crippen molar-refractivity contribution in [2.24, 2.45) is 0 Å². The van der Waals surface area contributed by atoms with Crippen LogP contribution in [0.15, 0.2) is 24.3 Å².